The minimum Gasteiger partial charge on any atom is -0.367 e. The zero-order valence-electron chi connectivity index (χ0n) is 11.6. The third kappa shape index (κ3) is 2.77. The van der Waals surface area contributed by atoms with Crippen LogP contribution in [-0.2, 0) is 0 Å². The van der Waals surface area contributed by atoms with E-state index in [1.807, 2.05) is 6.26 Å². The molecule has 2 aromatic rings. The van der Waals surface area contributed by atoms with Crippen LogP contribution in [0.25, 0.3) is 11.5 Å². The van der Waals surface area contributed by atoms with E-state index in [2.05, 4.69) is 25.4 Å². The molecule has 0 unspecified atom stereocenters. The van der Waals surface area contributed by atoms with Crippen LogP contribution in [0.2, 0.25) is 0 Å². The fourth-order valence-electron chi connectivity index (χ4n) is 2.40. The van der Waals surface area contributed by atoms with Crippen molar-refractivity contribution in [1.29, 1.82) is 0 Å². The Balaban J connectivity index is 1.94. The van der Waals surface area contributed by atoms with Gasteiger partial charge in [-0.3, -0.25) is 0 Å². The Hall–Kier alpha value is -1.63. The first-order chi connectivity index (χ1) is 9.76. The molecule has 106 valence electrons. The monoisotopic (exact) mass is 291 g/mol. The Morgan fingerprint density at radius 3 is 2.75 bits per heavy atom. The number of thioether (sulfide) groups is 1. The highest BCUT2D eigenvalue weighted by Gasteiger charge is 2.20. The standard InChI is InChI=1S/C13H17N5OS/c1-8-15-12(19-18-8)10-7-14-13(20-2)17-11(10)16-9-5-3-4-6-9/h7,9H,3-6H2,1-2H3,(H,14,16,17). The zero-order chi connectivity index (χ0) is 13.9. The maximum Gasteiger partial charge on any atom is 0.263 e. The van der Waals surface area contributed by atoms with Crippen LogP contribution in [0.1, 0.15) is 31.5 Å². The van der Waals surface area contributed by atoms with E-state index in [0.717, 1.165) is 16.5 Å². The van der Waals surface area contributed by atoms with E-state index in [0.29, 0.717) is 17.8 Å². The summed E-state index contributed by atoms with van der Waals surface area (Å²) in [5.41, 5.74) is 0.773. The molecule has 0 amide bonds. The average Bonchev–Trinajstić information content (AvgIpc) is 3.10. The lowest BCUT2D eigenvalue weighted by Crippen LogP contribution is -2.16. The molecule has 0 aliphatic heterocycles. The van der Waals surface area contributed by atoms with Crippen LogP contribution in [0.4, 0.5) is 5.82 Å². The third-order valence-corrected chi connectivity index (χ3v) is 3.97. The number of nitrogens with one attached hydrogen (secondary N) is 1. The van der Waals surface area contributed by atoms with Gasteiger partial charge in [0.2, 0.25) is 0 Å². The van der Waals surface area contributed by atoms with Crippen LogP contribution < -0.4 is 5.32 Å². The minimum absolute atomic E-state index is 0.468. The van der Waals surface area contributed by atoms with Crippen molar-refractivity contribution in [2.24, 2.45) is 0 Å². The van der Waals surface area contributed by atoms with Gasteiger partial charge in [-0.1, -0.05) is 29.8 Å². The van der Waals surface area contributed by atoms with E-state index < -0.39 is 0 Å². The quantitative estimate of drug-likeness (QED) is 0.685. The van der Waals surface area contributed by atoms with Crippen LogP contribution in [0.5, 0.6) is 0 Å². The Bertz CT molecular complexity index is 594. The Labute approximate surface area is 121 Å². The van der Waals surface area contributed by atoms with Gasteiger partial charge in [0.05, 0.1) is 0 Å². The second-order valence-electron chi connectivity index (χ2n) is 4.89. The molecule has 3 rings (SSSR count). The van der Waals surface area contributed by atoms with Crippen molar-refractivity contribution >= 4 is 17.6 Å². The summed E-state index contributed by atoms with van der Waals surface area (Å²) in [5.74, 6) is 1.87. The van der Waals surface area contributed by atoms with Gasteiger partial charge >= 0.3 is 0 Å². The second kappa shape index (κ2) is 5.78. The SMILES string of the molecule is CSc1ncc(-c2nc(C)no2)c(NC2CCCC2)n1. The molecule has 1 aliphatic rings. The molecule has 7 heteroatoms. The normalized spacial score (nSPS) is 15.7. The predicted octanol–water partition coefficient (Wildman–Crippen LogP) is 2.91. The van der Waals surface area contributed by atoms with Gasteiger partial charge in [0.15, 0.2) is 11.0 Å². The Morgan fingerprint density at radius 1 is 1.30 bits per heavy atom. The number of anilines is 1. The van der Waals surface area contributed by atoms with Gasteiger partial charge in [0, 0.05) is 12.2 Å². The van der Waals surface area contributed by atoms with Crippen molar-refractivity contribution in [2.45, 2.75) is 43.8 Å². The molecule has 0 aromatic carbocycles. The van der Waals surface area contributed by atoms with Gasteiger partial charge in [-0.25, -0.2) is 9.97 Å². The molecule has 0 radical (unpaired) electrons. The maximum atomic E-state index is 5.24. The first-order valence-electron chi connectivity index (χ1n) is 6.74. The largest absolute Gasteiger partial charge is 0.367 e. The van der Waals surface area contributed by atoms with Crippen molar-refractivity contribution in [2.75, 3.05) is 11.6 Å². The molecule has 2 heterocycles. The molecular formula is C13H17N5OS. The van der Waals surface area contributed by atoms with Crippen molar-refractivity contribution in [1.82, 2.24) is 20.1 Å². The molecule has 1 aliphatic carbocycles. The van der Waals surface area contributed by atoms with E-state index >= 15 is 0 Å². The van der Waals surface area contributed by atoms with Gasteiger partial charge in [-0.2, -0.15) is 4.98 Å². The number of hydrogen-bond acceptors (Lipinski definition) is 7. The summed E-state index contributed by atoms with van der Waals surface area (Å²) in [7, 11) is 0. The Morgan fingerprint density at radius 2 is 2.10 bits per heavy atom. The molecule has 1 fully saturated rings. The van der Waals surface area contributed by atoms with Crippen molar-refractivity contribution in [3.05, 3.63) is 12.0 Å². The van der Waals surface area contributed by atoms with Gasteiger partial charge in [0.25, 0.3) is 5.89 Å². The number of aryl methyl sites for hydroxylation is 1. The summed E-state index contributed by atoms with van der Waals surface area (Å²) in [6, 6.07) is 0.474. The molecular weight excluding hydrogens is 274 g/mol. The van der Waals surface area contributed by atoms with E-state index in [1.165, 1.54) is 37.4 Å². The lowest BCUT2D eigenvalue weighted by molar-refractivity contribution is 0.425. The first kappa shape index (κ1) is 13.4. The topological polar surface area (TPSA) is 76.7 Å². The Kier molecular flexibility index (Phi) is 3.86. The minimum atomic E-state index is 0.468. The highest BCUT2D eigenvalue weighted by atomic mass is 32.2. The summed E-state index contributed by atoms with van der Waals surface area (Å²) < 4.78 is 5.24. The van der Waals surface area contributed by atoms with E-state index in [-0.39, 0.29) is 0 Å². The molecule has 1 N–H and O–H groups in total. The summed E-state index contributed by atoms with van der Waals surface area (Å²) >= 11 is 1.52. The van der Waals surface area contributed by atoms with E-state index in [1.54, 1.807) is 13.1 Å². The fourth-order valence-corrected chi connectivity index (χ4v) is 2.74. The first-order valence-corrected chi connectivity index (χ1v) is 7.97. The highest BCUT2D eigenvalue weighted by molar-refractivity contribution is 7.98. The molecule has 6 nitrogen and oxygen atoms in total. The molecule has 0 spiro atoms. The van der Waals surface area contributed by atoms with Crippen molar-refractivity contribution < 1.29 is 4.52 Å². The van der Waals surface area contributed by atoms with Crippen LogP contribution in [0.15, 0.2) is 15.9 Å². The number of rotatable bonds is 4. The number of nitrogens with zero attached hydrogens (tertiary/aromatic N) is 4. The van der Waals surface area contributed by atoms with Gasteiger partial charge in [-0.15, -0.1) is 0 Å². The number of hydrogen-bond donors (Lipinski definition) is 1. The zero-order valence-corrected chi connectivity index (χ0v) is 12.4. The lowest BCUT2D eigenvalue weighted by atomic mass is 10.2. The fraction of sp³-hybridized carbons (Fsp3) is 0.538. The summed E-state index contributed by atoms with van der Waals surface area (Å²) in [4.78, 5) is 13.1. The summed E-state index contributed by atoms with van der Waals surface area (Å²) in [5, 5.41) is 8.07. The molecule has 0 saturated heterocycles. The van der Waals surface area contributed by atoms with Crippen LogP contribution >= 0.6 is 11.8 Å². The smallest absolute Gasteiger partial charge is 0.263 e. The van der Waals surface area contributed by atoms with Crippen molar-refractivity contribution in [3.63, 3.8) is 0 Å². The summed E-state index contributed by atoms with van der Waals surface area (Å²) in [6.45, 7) is 1.80. The third-order valence-electron chi connectivity index (χ3n) is 3.40. The average molecular weight is 291 g/mol. The van der Waals surface area contributed by atoms with Crippen molar-refractivity contribution in [3.8, 4) is 11.5 Å². The predicted molar refractivity (Wildman–Crippen MR) is 77.7 cm³/mol. The van der Waals surface area contributed by atoms with Gasteiger partial charge in [-0.05, 0) is 26.0 Å². The molecule has 0 atom stereocenters. The maximum absolute atomic E-state index is 5.24. The van der Waals surface area contributed by atoms with Crippen LogP contribution in [-0.4, -0.2) is 32.4 Å². The highest BCUT2D eigenvalue weighted by Crippen LogP contribution is 2.29. The molecule has 2 aromatic heterocycles. The van der Waals surface area contributed by atoms with Gasteiger partial charge < -0.3 is 9.84 Å². The molecule has 0 bridgehead atoms. The molecule has 20 heavy (non-hydrogen) atoms. The van der Waals surface area contributed by atoms with E-state index in [9.17, 15) is 0 Å². The second-order valence-corrected chi connectivity index (χ2v) is 5.66. The van der Waals surface area contributed by atoms with Crippen LogP contribution in [0, 0.1) is 6.92 Å². The lowest BCUT2D eigenvalue weighted by Gasteiger charge is -2.14. The number of aromatic nitrogens is 4. The van der Waals surface area contributed by atoms with Gasteiger partial charge in [0.1, 0.15) is 11.4 Å². The van der Waals surface area contributed by atoms with E-state index in [4.69, 9.17) is 4.52 Å². The molecule has 1 saturated carbocycles. The van der Waals surface area contributed by atoms with Crippen LogP contribution in [0.3, 0.4) is 0 Å². The summed E-state index contributed by atoms with van der Waals surface area (Å²) in [6.07, 6.45) is 8.62.